The minimum atomic E-state index is -1.99. The fourth-order valence-electron chi connectivity index (χ4n) is 9.09. The zero-order valence-electron chi connectivity index (χ0n) is 45.9. The summed E-state index contributed by atoms with van der Waals surface area (Å²) in [5.74, 6) is -11.0. The molecule has 30 nitrogen and oxygen atoms in total. The molecule has 3 saturated heterocycles. The lowest BCUT2D eigenvalue weighted by molar-refractivity contribution is -0.367. The Hall–Kier alpha value is -6.38. The maximum Gasteiger partial charge on any atom is 0.303 e. The van der Waals surface area contributed by atoms with Crippen molar-refractivity contribution < 1.29 is 138 Å². The van der Waals surface area contributed by atoms with Crippen molar-refractivity contribution in [1.29, 1.82) is 0 Å². The van der Waals surface area contributed by atoms with Crippen molar-refractivity contribution in [3.05, 3.63) is 11.6 Å². The van der Waals surface area contributed by atoms with Gasteiger partial charge in [-0.15, -0.1) is 0 Å². The van der Waals surface area contributed by atoms with Crippen molar-refractivity contribution in [3.63, 3.8) is 0 Å². The summed E-state index contributed by atoms with van der Waals surface area (Å²) in [7, 11) is 0. The zero-order chi connectivity index (χ0) is 60.0. The number of carbonyl (C=O) groups excluding carboxylic acids is 12. The second kappa shape index (κ2) is 29.9. The highest BCUT2D eigenvalue weighted by Gasteiger charge is 2.60. The minimum Gasteiger partial charge on any atom is -0.463 e. The smallest absolute Gasteiger partial charge is 0.303 e. The summed E-state index contributed by atoms with van der Waals surface area (Å²) in [6.07, 6.45) is -25.7. The van der Waals surface area contributed by atoms with Crippen LogP contribution in [0, 0.1) is 0 Å². The molecule has 0 aromatic rings. The van der Waals surface area contributed by atoms with Crippen molar-refractivity contribution in [3.8, 4) is 0 Å². The molecular weight excluding hydrogens is 1150 g/mol. The molecule has 0 amide bonds. The van der Waals surface area contributed by atoms with Gasteiger partial charge in [-0.3, -0.25) is 62.9 Å². The maximum atomic E-state index is 13.2. The second-order valence-corrected chi connectivity index (χ2v) is 19.3. The Morgan fingerprint density at radius 1 is 0.412 bits per heavy atom. The van der Waals surface area contributed by atoms with Crippen LogP contribution in [0.15, 0.2) is 11.6 Å². The molecule has 31 heteroatoms. The third kappa shape index (κ3) is 19.1. The first-order chi connectivity index (χ1) is 37.4. The van der Waals surface area contributed by atoms with Gasteiger partial charge in [0.05, 0.1) is 18.2 Å². The molecule has 0 aromatic carbocycles. The molecule has 1 N–H and O–H groups in total. The Kier molecular flexibility index (Phi) is 24.7. The van der Waals surface area contributed by atoms with Crippen LogP contribution < -0.4 is 5.32 Å². The number of hydrogen-bond acceptors (Lipinski definition) is 30. The van der Waals surface area contributed by atoms with Crippen LogP contribution >= 0.6 is 15.9 Å². The summed E-state index contributed by atoms with van der Waals surface area (Å²) in [5, 5.41) is 1.91. The molecule has 19 atom stereocenters. The normalized spacial score (nSPS) is 32.8. The van der Waals surface area contributed by atoms with Gasteiger partial charge in [0.2, 0.25) is 0 Å². The number of esters is 12. The fraction of sp³-hybridized carbons (Fsp3) is 0.714. The van der Waals surface area contributed by atoms with E-state index in [2.05, 4.69) is 21.2 Å². The standard InChI is InChI=1S/C49H66BrNO29/c1-18-35(51-32-14-31(15-64-19(2)52)36(68-22(5)55)41(71-25(8)58)37(32)69-23(6)56)40(70-24(7)57)45(75-29(12)62)48(67-18)79-39-34(17-66-21(4)54)78-49(46(76-30(13)63)43(39)73-27(10)60)80-38-33(16-65-20(3)53)77-47(50)44(74-28(11)61)42(38)72-26(9)59/h14,18,32-49,51H,15-17H2,1-13H3/t18-,32+,33-,34-,35-,36+,37+,38-,39-,40+,41+,42+,43+,44-,45-,46-,47+,48-,49-/m1/s1. The van der Waals surface area contributed by atoms with Crippen LogP contribution in [0.25, 0.3) is 0 Å². The van der Waals surface area contributed by atoms with Gasteiger partial charge in [-0.2, -0.15) is 0 Å². The molecule has 4 rings (SSSR count). The Labute approximate surface area is 466 Å². The van der Waals surface area contributed by atoms with Gasteiger partial charge in [-0.25, -0.2) is 0 Å². The SMILES string of the molecule is CC(=O)OCC1=C[C@H](N[C@H]2[C@H](OC(C)=O)[C@@H](OC(C)=O)[C@@H](O[C@H]3[C@H](OC(C)=O)[C@@H](OC(C)=O)[C@@H](O[C@H]4[C@H](OC(C)=O)[C@@H](OC(C)=O)[C@@H](Br)O[C@@H]4COC(C)=O)O[C@@H]3COC(C)=O)O[C@@H]2C)[C@H](OC(C)=O)[C@@H](OC(C)=O)[C@H]1OC(C)=O. The molecule has 1 aliphatic carbocycles. The van der Waals surface area contributed by atoms with E-state index in [9.17, 15) is 57.5 Å². The average Bonchev–Trinajstić information content (AvgIpc) is 3.35. The summed E-state index contributed by atoms with van der Waals surface area (Å²) in [5.41, 5.74) is 0.0281. The number of ether oxygens (including phenoxy) is 17. The van der Waals surface area contributed by atoms with Crippen LogP contribution in [-0.4, -0.2) is 207 Å². The third-order valence-electron chi connectivity index (χ3n) is 11.7. The molecule has 3 aliphatic heterocycles. The Bertz CT molecular complexity index is 2340. The molecule has 0 radical (unpaired) electrons. The van der Waals surface area contributed by atoms with E-state index in [-0.39, 0.29) is 5.57 Å². The van der Waals surface area contributed by atoms with Crippen molar-refractivity contribution >= 4 is 87.6 Å². The van der Waals surface area contributed by atoms with Crippen molar-refractivity contribution in [2.24, 2.45) is 0 Å². The molecular formula is C49H66BrNO29. The molecule has 0 bridgehead atoms. The predicted molar refractivity (Wildman–Crippen MR) is 259 cm³/mol. The van der Waals surface area contributed by atoms with E-state index in [1.807, 2.05) is 0 Å². The highest BCUT2D eigenvalue weighted by molar-refractivity contribution is 9.09. The van der Waals surface area contributed by atoms with E-state index in [1.165, 1.54) is 13.0 Å². The van der Waals surface area contributed by atoms with Crippen molar-refractivity contribution in [2.45, 2.75) is 205 Å². The lowest BCUT2D eigenvalue weighted by Gasteiger charge is -2.50. The summed E-state index contributed by atoms with van der Waals surface area (Å²) in [4.78, 5) is 152. The van der Waals surface area contributed by atoms with Gasteiger partial charge >= 0.3 is 71.6 Å². The Balaban J connectivity index is 1.91. The highest BCUT2D eigenvalue weighted by Crippen LogP contribution is 2.39. The molecule has 4 aliphatic rings. The van der Waals surface area contributed by atoms with Gasteiger partial charge in [0.15, 0.2) is 72.5 Å². The second-order valence-electron chi connectivity index (χ2n) is 18.4. The van der Waals surface area contributed by atoms with Crippen LogP contribution in [-0.2, 0) is 138 Å². The van der Waals surface area contributed by atoms with Gasteiger partial charge in [-0.05, 0) is 6.92 Å². The molecule has 0 unspecified atom stereocenters. The topological polar surface area (TPSA) is 374 Å². The van der Waals surface area contributed by atoms with Crippen molar-refractivity contribution in [2.75, 3.05) is 19.8 Å². The van der Waals surface area contributed by atoms with Crippen LogP contribution in [0.2, 0.25) is 0 Å². The molecule has 3 fully saturated rings. The highest BCUT2D eigenvalue weighted by atomic mass is 79.9. The summed E-state index contributed by atoms with van der Waals surface area (Å²) < 4.78 is 98.7. The summed E-state index contributed by atoms with van der Waals surface area (Å²) in [6.45, 7) is 11.8. The van der Waals surface area contributed by atoms with Gasteiger partial charge in [0, 0.05) is 88.7 Å². The number of carbonyl (C=O) groups is 12. The van der Waals surface area contributed by atoms with Crippen LogP contribution in [0.5, 0.6) is 0 Å². The summed E-state index contributed by atoms with van der Waals surface area (Å²) >= 11 is 3.25. The fourth-order valence-corrected chi connectivity index (χ4v) is 9.78. The minimum absolute atomic E-state index is 0.0281. The maximum absolute atomic E-state index is 13.2. The number of rotatable bonds is 21. The van der Waals surface area contributed by atoms with E-state index in [4.69, 9.17) is 80.5 Å². The number of nitrogens with one attached hydrogen (secondary N) is 1. The quantitative estimate of drug-likeness (QED) is 0.0666. The van der Waals surface area contributed by atoms with E-state index < -0.39 is 207 Å². The number of hydrogen-bond donors (Lipinski definition) is 1. The monoisotopic (exact) mass is 1210 g/mol. The molecule has 80 heavy (non-hydrogen) atoms. The van der Waals surface area contributed by atoms with E-state index in [0.717, 1.165) is 83.1 Å². The van der Waals surface area contributed by atoms with Crippen LogP contribution in [0.4, 0.5) is 0 Å². The average molecular weight is 1210 g/mol. The molecule has 0 saturated carbocycles. The van der Waals surface area contributed by atoms with Crippen molar-refractivity contribution in [1.82, 2.24) is 5.32 Å². The first-order valence-electron chi connectivity index (χ1n) is 24.7. The molecule has 0 aromatic heterocycles. The van der Waals surface area contributed by atoms with Gasteiger partial charge in [0.25, 0.3) is 0 Å². The van der Waals surface area contributed by atoms with E-state index in [0.29, 0.717) is 0 Å². The zero-order valence-corrected chi connectivity index (χ0v) is 47.5. The number of alkyl halides is 1. The predicted octanol–water partition coefficient (Wildman–Crippen LogP) is -0.312. The first kappa shape index (κ1) is 66.1. The van der Waals surface area contributed by atoms with E-state index in [1.54, 1.807) is 0 Å². The van der Waals surface area contributed by atoms with Crippen LogP contribution in [0.1, 0.15) is 90.0 Å². The molecule has 448 valence electrons. The van der Waals surface area contributed by atoms with E-state index >= 15 is 0 Å². The van der Waals surface area contributed by atoms with Gasteiger partial charge < -0.3 is 80.5 Å². The van der Waals surface area contributed by atoms with Gasteiger partial charge in [-0.1, -0.05) is 22.0 Å². The molecule has 0 spiro atoms. The molecule has 3 heterocycles. The lowest BCUT2D eigenvalue weighted by atomic mass is 9.85. The Morgan fingerprint density at radius 2 is 0.775 bits per heavy atom. The largest absolute Gasteiger partial charge is 0.463 e. The lowest BCUT2D eigenvalue weighted by Crippen LogP contribution is -2.70. The summed E-state index contributed by atoms with van der Waals surface area (Å²) in [6, 6.07) is -2.71. The van der Waals surface area contributed by atoms with Gasteiger partial charge in [0.1, 0.15) is 44.2 Å². The number of halogens is 1. The Morgan fingerprint density at radius 3 is 1.23 bits per heavy atom. The van der Waals surface area contributed by atoms with Crippen LogP contribution in [0.3, 0.4) is 0 Å². The first-order valence-corrected chi connectivity index (χ1v) is 25.6. The third-order valence-corrected chi connectivity index (χ3v) is 12.5.